The maximum Gasteiger partial charge on any atom is 0.335 e. The number of benzene rings is 2. The van der Waals surface area contributed by atoms with Crippen molar-refractivity contribution in [1.29, 1.82) is 0 Å². The lowest BCUT2D eigenvalue weighted by molar-refractivity contribution is 0.0697. The van der Waals surface area contributed by atoms with Gasteiger partial charge in [0, 0.05) is 18.8 Å². The van der Waals surface area contributed by atoms with Gasteiger partial charge in [-0.2, -0.15) is 0 Å². The number of carbonyl (C=O) groups is 1. The van der Waals surface area contributed by atoms with Crippen LogP contribution in [0.1, 0.15) is 27.2 Å². The molecule has 0 atom stereocenters. The summed E-state index contributed by atoms with van der Waals surface area (Å²) in [6.45, 7) is 1.78. The summed E-state index contributed by atoms with van der Waals surface area (Å²) in [7, 11) is 0. The molecule has 0 unspecified atom stereocenters. The van der Waals surface area contributed by atoms with Crippen molar-refractivity contribution in [1.82, 2.24) is 4.57 Å². The van der Waals surface area contributed by atoms with Crippen LogP contribution < -0.4 is 10.5 Å². The van der Waals surface area contributed by atoms with Crippen LogP contribution in [-0.2, 0) is 25.9 Å². The second-order valence-electron chi connectivity index (χ2n) is 7.30. The third-order valence-corrected chi connectivity index (χ3v) is 6.05. The van der Waals surface area contributed by atoms with Crippen molar-refractivity contribution in [3.05, 3.63) is 97.4 Å². The maximum absolute atomic E-state index is 12.8. The van der Waals surface area contributed by atoms with Crippen molar-refractivity contribution in [2.75, 3.05) is 11.4 Å². The fourth-order valence-electron chi connectivity index (χ4n) is 3.84. The van der Waals surface area contributed by atoms with Gasteiger partial charge in [0.1, 0.15) is 5.02 Å². The molecule has 3 aromatic rings. The molecule has 5 nitrogen and oxygen atoms in total. The van der Waals surface area contributed by atoms with Gasteiger partial charge < -0.3 is 14.6 Å². The van der Waals surface area contributed by atoms with E-state index in [1.807, 2.05) is 12.1 Å². The number of carboxylic acids is 1. The number of rotatable bonds is 6. The Hall–Kier alpha value is -2.76. The summed E-state index contributed by atoms with van der Waals surface area (Å²) in [5, 5.41) is 9.60. The second kappa shape index (κ2) is 8.54. The van der Waals surface area contributed by atoms with Gasteiger partial charge in [0.15, 0.2) is 0 Å². The van der Waals surface area contributed by atoms with Crippen LogP contribution in [0.2, 0.25) is 10.0 Å². The molecule has 0 amide bonds. The average molecular weight is 443 g/mol. The molecule has 30 heavy (non-hydrogen) atoms. The fourth-order valence-corrected chi connectivity index (χ4v) is 4.38. The molecular weight excluding hydrogens is 423 g/mol. The third kappa shape index (κ3) is 4.09. The van der Waals surface area contributed by atoms with Crippen molar-refractivity contribution in [3.8, 4) is 0 Å². The van der Waals surface area contributed by atoms with Gasteiger partial charge in [-0.15, -0.1) is 0 Å². The quantitative estimate of drug-likeness (QED) is 0.602. The van der Waals surface area contributed by atoms with E-state index in [4.69, 9.17) is 28.3 Å². The summed E-state index contributed by atoms with van der Waals surface area (Å²) in [6, 6.07) is 16.4. The molecule has 0 saturated carbocycles. The van der Waals surface area contributed by atoms with E-state index in [1.54, 1.807) is 28.8 Å². The predicted octanol–water partition coefficient (Wildman–Crippen LogP) is 4.66. The van der Waals surface area contributed by atoms with Crippen molar-refractivity contribution < 1.29 is 9.90 Å². The van der Waals surface area contributed by atoms with Gasteiger partial charge >= 0.3 is 5.97 Å². The Kier molecular flexibility index (Phi) is 5.84. The first kappa shape index (κ1) is 20.5. The van der Waals surface area contributed by atoms with E-state index in [2.05, 4.69) is 17.0 Å². The lowest BCUT2D eigenvalue weighted by atomic mass is 10.1. The van der Waals surface area contributed by atoms with Gasteiger partial charge in [0.2, 0.25) is 0 Å². The van der Waals surface area contributed by atoms with E-state index in [1.165, 1.54) is 11.6 Å². The van der Waals surface area contributed by atoms with Crippen molar-refractivity contribution in [3.63, 3.8) is 0 Å². The van der Waals surface area contributed by atoms with E-state index < -0.39 is 5.97 Å². The largest absolute Gasteiger partial charge is 0.478 e. The average Bonchev–Trinajstić information content (AvgIpc) is 3.15. The molecule has 0 saturated heterocycles. The SMILES string of the molecule is O=C(O)c1ccc(CCn2c(CN3CCc4ccccc43)c(Cl)cc(Cl)c2=O)cc1. The lowest BCUT2D eigenvalue weighted by Crippen LogP contribution is -2.30. The van der Waals surface area contributed by atoms with E-state index >= 15 is 0 Å². The van der Waals surface area contributed by atoms with Crippen molar-refractivity contribution in [2.24, 2.45) is 0 Å². The van der Waals surface area contributed by atoms with E-state index in [0.29, 0.717) is 24.5 Å². The molecule has 0 bridgehead atoms. The smallest absolute Gasteiger partial charge is 0.335 e. The zero-order valence-electron chi connectivity index (χ0n) is 16.1. The van der Waals surface area contributed by atoms with Crippen molar-refractivity contribution in [2.45, 2.75) is 25.9 Å². The number of fused-ring (bicyclic) bond motifs is 1. The molecule has 1 N–H and O–H groups in total. The van der Waals surface area contributed by atoms with Crippen LogP contribution in [0.25, 0.3) is 0 Å². The number of aryl methyl sites for hydroxylation is 1. The Bertz CT molecular complexity index is 1160. The zero-order valence-corrected chi connectivity index (χ0v) is 17.7. The van der Waals surface area contributed by atoms with E-state index in [-0.39, 0.29) is 16.1 Å². The number of halogens is 2. The second-order valence-corrected chi connectivity index (χ2v) is 8.11. The lowest BCUT2D eigenvalue weighted by Gasteiger charge is -2.23. The van der Waals surface area contributed by atoms with Crippen LogP contribution >= 0.6 is 23.2 Å². The maximum atomic E-state index is 12.8. The van der Waals surface area contributed by atoms with Crippen LogP contribution in [0.15, 0.2) is 59.4 Å². The molecule has 1 aromatic heterocycles. The van der Waals surface area contributed by atoms with Gasteiger partial charge in [-0.3, -0.25) is 4.79 Å². The molecule has 2 aromatic carbocycles. The predicted molar refractivity (Wildman–Crippen MR) is 119 cm³/mol. The summed E-state index contributed by atoms with van der Waals surface area (Å²) in [6.07, 6.45) is 1.52. The van der Waals surface area contributed by atoms with Crippen LogP contribution in [0.3, 0.4) is 0 Å². The minimum absolute atomic E-state index is 0.0896. The number of hydrogen-bond acceptors (Lipinski definition) is 3. The first-order chi connectivity index (χ1) is 14.4. The number of aromatic nitrogens is 1. The molecule has 7 heteroatoms. The topological polar surface area (TPSA) is 62.5 Å². The Labute approximate surface area is 184 Å². The highest BCUT2D eigenvalue weighted by Gasteiger charge is 2.22. The molecule has 0 fully saturated rings. The summed E-state index contributed by atoms with van der Waals surface area (Å²) >= 11 is 12.6. The molecule has 4 rings (SSSR count). The van der Waals surface area contributed by atoms with Crippen molar-refractivity contribution >= 4 is 34.9 Å². The van der Waals surface area contributed by atoms with E-state index in [9.17, 15) is 9.59 Å². The monoisotopic (exact) mass is 442 g/mol. The first-order valence-corrected chi connectivity index (χ1v) is 10.4. The van der Waals surface area contributed by atoms with E-state index in [0.717, 1.165) is 29.9 Å². The summed E-state index contributed by atoms with van der Waals surface area (Å²) in [5.74, 6) is -0.965. The molecule has 2 heterocycles. The molecule has 0 aliphatic carbocycles. The van der Waals surface area contributed by atoms with Crippen LogP contribution in [0.5, 0.6) is 0 Å². The first-order valence-electron chi connectivity index (χ1n) is 9.67. The Morgan fingerprint density at radius 3 is 2.50 bits per heavy atom. The number of para-hydroxylation sites is 1. The van der Waals surface area contributed by atoms with Crippen LogP contribution in [0.4, 0.5) is 5.69 Å². The number of hydrogen-bond donors (Lipinski definition) is 1. The minimum Gasteiger partial charge on any atom is -0.478 e. The minimum atomic E-state index is -0.965. The Balaban J connectivity index is 1.61. The molecule has 1 aliphatic rings. The summed E-state index contributed by atoms with van der Waals surface area (Å²) < 4.78 is 1.64. The molecule has 0 spiro atoms. The van der Waals surface area contributed by atoms with Gasteiger partial charge in [0.25, 0.3) is 5.56 Å². The number of aromatic carboxylic acids is 1. The zero-order chi connectivity index (χ0) is 21.3. The number of nitrogens with zero attached hydrogens (tertiary/aromatic N) is 2. The third-order valence-electron chi connectivity index (χ3n) is 5.45. The molecule has 154 valence electrons. The van der Waals surface area contributed by atoms with Gasteiger partial charge in [-0.1, -0.05) is 53.5 Å². The van der Waals surface area contributed by atoms with Crippen LogP contribution in [-0.4, -0.2) is 22.2 Å². The highest BCUT2D eigenvalue weighted by Crippen LogP contribution is 2.30. The molecule has 1 aliphatic heterocycles. The summed E-state index contributed by atoms with van der Waals surface area (Å²) in [4.78, 5) is 26.1. The summed E-state index contributed by atoms with van der Waals surface area (Å²) in [5.41, 5.74) is 4.06. The van der Waals surface area contributed by atoms with Gasteiger partial charge in [0.05, 0.1) is 22.8 Å². The molecule has 0 radical (unpaired) electrons. The number of anilines is 1. The Morgan fingerprint density at radius 1 is 1.03 bits per heavy atom. The number of pyridine rings is 1. The van der Waals surface area contributed by atoms with Gasteiger partial charge in [-0.05, 0) is 48.2 Å². The normalized spacial score (nSPS) is 12.8. The van der Waals surface area contributed by atoms with Gasteiger partial charge in [-0.25, -0.2) is 4.79 Å². The Morgan fingerprint density at radius 2 is 1.77 bits per heavy atom. The number of carboxylic acid groups (broad SMARTS) is 1. The standard InChI is InChI=1S/C23H20Cl2N2O3/c24-18-13-19(25)22(28)27(12-9-15-5-7-17(8-6-15)23(29)30)21(18)14-26-11-10-16-3-1-2-4-20(16)26/h1-8,13H,9-12,14H2,(H,29,30). The highest BCUT2D eigenvalue weighted by molar-refractivity contribution is 6.34. The molecular formula is C23H20Cl2N2O3. The fraction of sp³-hybridized carbons (Fsp3) is 0.217. The van der Waals surface area contributed by atoms with Crippen LogP contribution in [0, 0.1) is 0 Å². The highest BCUT2D eigenvalue weighted by atomic mass is 35.5.